The monoisotopic (exact) mass is 343 g/mol. The zero-order valence-electron chi connectivity index (χ0n) is 14.0. The van der Waals surface area contributed by atoms with Gasteiger partial charge in [-0.25, -0.2) is 0 Å². The van der Waals surface area contributed by atoms with Crippen LogP contribution >= 0.6 is 0 Å². The van der Waals surface area contributed by atoms with Crippen LogP contribution < -0.4 is 5.32 Å². The third-order valence-electron chi connectivity index (χ3n) is 5.47. The summed E-state index contributed by atoms with van der Waals surface area (Å²) in [5.74, 6) is 0.289. The lowest BCUT2D eigenvalue weighted by molar-refractivity contribution is -0.138. The van der Waals surface area contributed by atoms with Crippen LogP contribution in [0.3, 0.4) is 0 Å². The predicted octanol–water partition coefficient (Wildman–Crippen LogP) is 6.09. The van der Waals surface area contributed by atoms with E-state index in [1.54, 1.807) is 12.1 Å². The molecule has 0 saturated carbocycles. The van der Waals surface area contributed by atoms with Crippen molar-refractivity contribution in [2.24, 2.45) is 5.92 Å². The summed E-state index contributed by atoms with van der Waals surface area (Å²) < 4.78 is 40.6. The highest BCUT2D eigenvalue weighted by atomic mass is 19.4. The molecule has 2 aliphatic rings. The number of hydrogen-bond acceptors (Lipinski definition) is 1. The summed E-state index contributed by atoms with van der Waals surface area (Å²) in [6, 6.07) is 11.8. The van der Waals surface area contributed by atoms with Crippen LogP contribution in [-0.4, -0.2) is 0 Å². The molecule has 0 aromatic heterocycles. The maximum Gasteiger partial charge on any atom is 0.416 e. The number of aryl methyl sites for hydroxylation is 1. The van der Waals surface area contributed by atoms with Crippen LogP contribution in [0.4, 0.5) is 18.9 Å². The van der Waals surface area contributed by atoms with Crippen molar-refractivity contribution in [3.05, 3.63) is 76.9 Å². The van der Waals surface area contributed by atoms with Crippen molar-refractivity contribution in [3.8, 4) is 0 Å². The van der Waals surface area contributed by atoms with E-state index in [1.807, 2.05) is 6.07 Å². The van der Waals surface area contributed by atoms with Gasteiger partial charge in [0.1, 0.15) is 0 Å². The quantitative estimate of drug-likeness (QED) is 0.650. The normalized spacial score (nSPS) is 24.6. The van der Waals surface area contributed by atoms with E-state index < -0.39 is 11.7 Å². The molecule has 0 amide bonds. The molecule has 0 bridgehead atoms. The van der Waals surface area contributed by atoms with Crippen LogP contribution in [0.2, 0.25) is 0 Å². The molecule has 2 aromatic rings. The maximum absolute atomic E-state index is 13.5. The van der Waals surface area contributed by atoms with Crippen LogP contribution in [0.25, 0.3) is 0 Å². The SMILES string of the molecule is CCc1cccc2c1N[C@H](c1ccccc1C(F)(F)F)[C@H]1CC=C[C@@H]21. The molecular weight excluding hydrogens is 323 g/mol. The Kier molecular flexibility index (Phi) is 3.86. The second kappa shape index (κ2) is 5.94. The number of fused-ring (bicyclic) bond motifs is 3. The minimum Gasteiger partial charge on any atom is -0.377 e. The van der Waals surface area contributed by atoms with Gasteiger partial charge in [0.2, 0.25) is 0 Å². The molecule has 0 saturated heterocycles. The number of rotatable bonds is 2. The van der Waals surface area contributed by atoms with Gasteiger partial charge in [0.25, 0.3) is 0 Å². The molecule has 130 valence electrons. The van der Waals surface area contributed by atoms with Crippen molar-refractivity contribution in [2.75, 3.05) is 5.32 Å². The van der Waals surface area contributed by atoms with Crippen molar-refractivity contribution in [3.63, 3.8) is 0 Å². The lowest BCUT2D eigenvalue weighted by Crippen LogP contribution is -2.31. The van der Waals surface area contributed by atoms with Gasteiger partial charge in [-0.2, -0.15) is 13.2 Å². The number of halogens is 3. The first-order chi connectivity index (χ1) is 12.0. The van der Waals surface area contributed by atoms with Crippen LogP contribution in [0.1, 0.15) is 47.6 Å². The van der Waals surface area contributed by atoms with Gasteiger partial charge in [0, 0.05) is 11.6 Å². The highest BCUT2D eigenvalue weighted by Crippen LogP contribution is 2.52. The topological polar surface area (TPSA) is 12.0 Å². The molecule has 4 heteroatoms. The van der Waals surface area contributed by atoms with Gasteiger partial charge in [-0.1, -0.05) is 55.5 Å². The van der Waals surface area contributed by atoms with E-state index >= 15 is 0 Å². The Labute approximate surface area is 145 Å². The molecule has 0 radical (unpaired) electrons. The zero-order valence-corrected chi connectivity index (χ0v) is 14.0. The van der Waals surface area contributed by atoms with E-state index in [2.05, 4.69) is 36.5 Å². The molecule has 3 atom stereocenters. The van der Waals surface area contributed by atoms with Crippen molar-refractivity contribution in [1.82, 2.24) is 0 Å². The molecule has 1 aliphatic heterocycles. The number of hydrogen-bond donors (Lipinski definition) is 1. The Bertz CT molecular complexity index is 822. The van der Waals surface area contributed by atoms with E-state index in [1.165, 1.54) is 17.7 Å². The summed E-state index contributed by atoms with van der Waals surface area (Å²) in [6.07, 6.45) is 1.57. The summed E-state index contributed by atoms with van der Waals surface area (Å²) in [5, 5.41) is 3.48. The predicted molar refractivity (Wildman–Crippen MR) is 93.6 cm³/mol. The number of para-hydroxylation sites is 1. The van der Waals surface area contributed by atoms with Gasteiger partial charge in [-0.3, -0.25) is 0 Å². The largest absolute Gasteiger partial charge is 0.416 e. The maximum atomic E-state index is 13.5. The number of nitrogens with one attached hydrogen (secondary N) is 1. The Hall–Kier alpha value is -2.23. The van der Waals surface area contributed by atoms with Gasteiger partial charge in [0.05, 0.1) is 11.6 Å². The molecule has 1 heterocycles. The fourth-order valence-corrected chi connectivity index (χ4v) is 4.32. The van der Waals surface area contributed by atoms with Crippen molar-refractivity contribution in [1.29, 1.82) is 0 Å². The van der Waals surface area contributed by atoms with Crippen LogP contribution in [0.5, 0.6) is 0 Å². The molecule has 0 fully saturated rings. The summed E-state index contributed by atoms with van der Waals surface area (Å²) >= 11 is 0. The van der Waals surface area contributed by atoms with E-state index in [9.17, 15) is 13.2 Å². The van der Waals surface area contributed by atoms with Crippen molar-refractivity contribution < 1.29 is 13.2 Å². The third kappa shape index (κ3) is 2.64. The number of alkyl halides is 3. The molecule has 1 N–H and O–H groups in total. The molecular formula is C21H20F3N. The Morgan fingerprint density at radius 3 is 2.56 bits per heavy atom. The first kappa shape index (κ1) is 16.2. The highest BCUT2D eigenvalue weighted by Gasteiger charge is 2.42. The van der Waals surface area contributed by atoms with E-state index in [-0.39, 0.29) is 17.9 Å². The number of anilines is 1. The molecule has 0 spiro atoms. The summed E-state index contributed by atoms with van der Waals surface area (Å²) in [5.41, 5.74) is 3.20. The van der Waals surface area contributed by atoms with Gasteiger partial charge < -0.3 is 5.32 Å². The summed E-state index contributed by atoms with van der Waals surface area (Å²) in [6.45, 7) is 2.08. The standard InChI is InChI=1S/C21H20F3N/c1-2-13-7-5-10-15-14-9-6-11-16(14)20(25-19(13)15)17-8-3-4-12-18(17)21(22,23)24/h3-10,12,14,16,20,25H,2,11H2,1H3/t14-,16-,20-/m0/s1. The Balaban J connectivity index is 1.85. The molecule has 25 heavy (non-hydrogen) atoms. The van der Waals surface area contributed by atoms with E-state index in [0.717, 1.165) is 24.1 Å². The minimum absolute atomic E-state index is 0.114. The van der Waals surface area contributed by atoms with E-state index in [0.29, 0.717) is 5.56 Å². The van der Waals surface area contributed by atoms with Gasteiger partial charge in [0.15, 0.2) is 0 Å². The van der Waals surface area contributed by atoms with Gasteiger partial charge >= 0.3 is 6.18 Å². The first-order valence-electron chi connectivity index (χ1n) is 8.71. The second-order valence-electron chi connectivity index (χ2n) is 6.80. The van der Waals surface area contributed by atoms with Crippen LogP contribution in [0, 0.1) is 5.92 Å². The van der Waals surface area contributed by atoms with Crippen molar-refractivity contribution >= 4 is 5.69 Å². The fourth-order valence-electron chi connectivity index (χ4n) is 4.32. The number of benzene rings is 2. The lowest BCUT2D eigenvalue weighted by atomic mass is 9.75. The van der Waals surface area contributed by atoms with E-state index in [4.69, 9.17) is 0 Å². The van der Waals surface area contributed by atoms with Crippen LogP contribution in [0.15, 0.2) is 54.6 Å². The second-order valence-corrected chi connectivity index (χ2v) is 6.80. The fraction of sp³-hybridized carbons (Fsp3) is 0.333. The minimum atomic E-state index is -4.34. The summed E-state index contributed by atoms with van der Waals surface area (Å²) in [4.78, 5) is 0. The zero-order chi connectivity index (χ0) is 17.6. The number of allylic oxidation sites excluding steroid dienone is 2. The van der Waals surface area contributed by atoms with Gasteiger partial charge in [-0.15, -0.1) is 0 Å². The average Bonchev–Trinajstić information content (AvgIpc) is 3.09. The van der Waals surface area contributed by atoms with Gasteiger partial charge in [-0.05, 0) is 41.5 Å². The highest BCUT2D eigenvalue weighted by molar-refractivity contribution is 5.64. The Morgan fingerprint density at radius 1 is 1.04 bits per heavy atom. The third-order valence-corrected chi connectivity index (χ3v) is 5.47. The lowest BCUT2D eigenvalue weighted by Gasteiger charge is -2.39. The first-order valence-corrected chi connectivity index (χ1v) is 8.71. The molecule has 4 rings (SSSR count). The van der Waals surface area contributed by atoms with Crippen molar-refractivity contribution in [2.45, 2.75) is 37.9 Å². The average molecular weight is 343 g/mol. The molecule has 1 aliphatic carbocycles. The molecule has 1 nitrogen and oxygen atoms in total. The smallest absolute Gasteiger partial charge is 0.377 e. The molecule has 0 unspecified atom stereocenters. The molecule has 2 aromatic carbocycles. The summed E-state index contributed by atoms with van der Waals surface area (Å²) in [7, 11) is 0. The van der Waals surface area contributed by atoms with Crippen LogP contribution in [-0.2, 0) is 12.6 Å². The Morgan fingerprint density at radius 2 is 1.80 bits per heavy atom.